The summed E-state index contributed by atoms with van der Waals surface area (Å²) in [4.78, 5) is 13.8. The lowest BCUT2D eigenvalue weighted by atomic mass is 10.3. The number of nitrogen functional groups attached to an aromatic ring is 2. The van der Waals surface area contributed by atoms with Gasteiger partial charge in [-0.2, -0.15) is 15.0 Å². The van der Waals surface area contributed by atoms with Crippen molar-refractivity contribution in [2.45, 2.75) is 6.42 Å². The minimum Gasteiger partial charge on any atom is -0.368 e. The van der Waals surface area contributed by atoms with Crippen molar-refractivity contribution < 1.29 is 0 Å². The monoisotopic (exact) mass is 192 g/mol. The molecule has 1 aliphatic heterocycles. The summed E-state index contributed by atoms with van der Waals surface area (Å²) in [6.07, 6.45) is 5.19. The van der Waals surface area contributed by atoms with E-state index in [1.807, 2.05) is 4.90 Å². The van der Waals surface area contributed by atoms with Crippen molar-refractivity contribution in [3.8, 4) is 0 Å². The van der Waals surface area contributed by atoms with E-state index in [0.717, 1.165) is 19.5 Å². The third kappa shape index (κ3) is 1.73. The van der Waals surface area contributed by atoms with Gasteiger partial charge in [-0.1, -0.05) is 12.2 Å². The van der Waals surface area contributed by atoms with Crippen molar-refractivity contribution in [3.63, 3.8) is 0 Å². The van der Waals surface area contributed by atoms with Crippen molar-refractivity contribution in [1.29, 1.82) is 0 Å². The summed E-state index contributed by atoms with van der Waals surface area (Å²) in [6, 6.07) is 0. The van der Waals surface area contributed by atoms with Gasteiger partial charge in [-0.15, -0.1) is 0 Å². The highest BCUT2D eigenvalue weighted by Crippen LogP contribution is 2.12. The standard InChI is InChI=1S/C8H12N6/c9-6-11-7(10)13-8(12-6)14-4-2-1-3-5-14/h1-2H,3-5H2,(H4,9,10,11,12,13). The quantitative estimate of drug-likeness (QED) is 0.598. The van der Waals surface area contributed by atoms with E-state index in [2.05, 4.69) is 27.1 Å². The van der Waals surface area contributed by atoms with Crippen LogP contribution in [0.2, 0.25) is 0 Å². The number of anilines is 3. The number of nitrogens with two attached hydrogens (primary N) is 2. The molecule has 0 bridgehead atoms. The first-order valence-electron chi connectivity index (χ1n) is 4.42. The molecule has 0 atom stereocenters. The fourth-order valence-electron chi connectivity index (χ4n) is 1.36. The molecule has 14 heavy (non-hydrogen) atoms. The van der Waals surface area contributed by atoms with Gasteiger partial charge < -0.3 is 16.4 Å². The van der Waals surface area contributed by atoms with Crippen LogP contribution in [0.5, 0.6) is 0 Å². The molecule has 0 aromatic carbocycles. The van der Waals surface area contributed by atoms with Gasteiger partial charge in [0.15, 0.2) is 0 Å². The average molecular weight is 192 g/mol. The van der Waals surface area contributed by atoms with Gasteiger partial charge in [-0.3, -0.25) is 0 Å². The molecule has 1 aliphatic rings. The van der Waals surface area contributed by atoms with Crippen molar-refractivity contribution >= 4 is 17.8 Å². The van der Waals surface area contributed by atoms with E-state index in [4.69, 9.17) is 11.5 Å². The highest BCUT2D eigenvalue weighted by Gasteiger charge is 2.11. The van der Waals surface area contributed by atoms with Crippen LogP contribution < -0.4 is 16.4 Å². The Balaban J connectivity index is 2.26. The van der Waals surface area contributed by atoms with Crippen molar-refractivity contribution in [2.24, 2.45) is 0 Å². The molecule has 0 unspecified atom stereocenters. The molecule has 0 aliphatic carbocycles. The molecule has 0 saturated heterocycles. The Kier molecular flexibility index (Phi) is 2.18. The summed E-state index contributed by atoms with van der Waals surface area (Å²) >= 11 is 0. The third-order valence-electron chi connectivity index (χ3n) is 2.00. The molecule has 1 aromatic heterocycles. The number of aromatic nitrogens is 3. The normalized spacial score (nSPS) is 15.9. The lowest BCUT2D eigenvalue weighted by Crippen LogP contribution is -2.29. The van der Waals surface area contributed by atoms with E-state index in [0.29, 0.717) is 5.95 Å². The van der Waals surface area contributed by atoms with E-state index in [1.54, 1.807) is 0 Å². The van der Waals surface area contributed by atoms with E-state index < -0.39 is 0 Å². The van der Waals surface area contributed by atoms with Crippen LogP contribution in [0, 0.1) is 0 Å². The van der Waals surface area contributed by atoms with Crippen LogP contribution >= 0.6 is 0 Å². The van der Waals surface area contributed by atoms with Gasteiger partial charge in [-0.05, 0) is 6.42 Å². The molecule has 2 heterocycles. The zero-order chi connectivity index (χ0) is 9.97. The number of hydrogen-bond donors (Lipinski definition) is 2. The van der Waals surface area contributed by atoms with E-state index in [9.17, 15) is 0 Å². The fourth-order valence-corrected chi connectivity index (χ4v) is 1.36. The summed E-state index contributed by atoms with van der Waals surface area (Å²) in [6.45, 7) is 1.68. The maximum atomic E-state index is 5.48. The molecule has 6 nitrogen and oxygen atoms in total. The largest absolute Gasteiger partial charge is 0.368 e. The van der Waals surface area contributed by atoms with Gasteiger partial charge in [0.2, 0.25) is 17.8 Å². The minimum atomic E-state index is 0.169. The van der Waals surface area contributed by atoms with E-state index in [-0.39, 0.29) is 11.9 Å². The lowest BCUT2D eigenvalue weighted by molar-refractivity contribution is 0.784. The zero-order valence-corrected chi connectivity index (χ0v) is 7.72. The Labute approximate surface area is 81.7 Å². The molecule has 6 heteroatoms. The first-order valence-corrected chi connectivity index (χ1v) is 4.42. The molecule has 0 fully saturated rings. The van der Waals surface area contributed by atoms with Crippen LogP contribution in [-0.2, 0) is 0 Å². The number of rotatable bonds is 1. The maximum absolute atomic E-state index is 5.48. The second-order valence-electron chi connectivity index (χ2n) is 3.06. The highest BCUT2D eigenvalue weighted by atomic mass is 15.3. The van der Waals surface area contributed by atoms with Crippen LogP contribution in [0.15, 0.2) is 12.2 Å². The summed E-state index contributed by atoms with van der Waals surface area (Å²) < 4.78 is 0. The maximum Gasteiger partial charge on any atom is 0.232 e. The van der Waals surface area contributed by atoms with Crippen LogP contribution in [0.3, 0.4) is 0 Å². The van der Waals surface area contributed by atoms with Crippen molar-refractivity contribution in [3.05, 3.63) is 12.2 Å². The zero-order valence-electron chi connectivity index (χ0n) is 7.72. The predicted molar refractivity (Wildman–Crippen MR) is 54.6 cm³/mol. The van der Waals surface area contributed by atoms with Gasteiger partial charge in [0.25, 0.3) is 0 Å². The Morgan fingerprint density at radius 2 is 1.79 bits per heavy atom. The Morgan fingerprint density at radius 1 is 1.07 bits per heavy atom. The molecular formula is C8H12N6. The molecule has 0 amide bonds. The van der Waals surface area contributed by atoms with Crippen LogP contribution in [0.25, 0.3) is 0 Å². The van der Waals surface area contributed by atoms with Gasteiger partial charge >= 0.3 is 0 Å². The SMILES string of the molecule is Nc1nc(N)nc(N2CC=CCC2)n1. The van der Waals surface area contributed by atoms with Crippen LogP contribution in [0.1, 0.15) is 6.42 Å². The molecule has 0 radical (unpaired) electrons. The average Bonchev–Trinajstić information content (AvgIpc) is 2.18. The molecule has 2 rings (SSSR count). The summed E-state index contributed by atoms with van der Waals surface area (Å²) in [7, 11) is 0. The van der Waals surface area contributed by atoms with Gasteiger partial charge in [0.05, 0.1) is 0 Å². The lowest BCUT2D eigenvalue weighted by Gasteiger charge is -2.23. The number of hydrogen-bond acceptors (Lipinski definition) is 6. The Hall–Kier alpha value is -1.85. The van der Waals surface area contributed by atoms with Crippen molar-refractivity contribution in [1.82, 2.24) is 15.0 Å². The second-order valence-corrected chi connectivity index (χ2v) is 3.06. The van der Waals surface area contributed by atoms with Gasteiger partial charge in [-0.25, -0.2) is 0 Å². The minimum absolute atomic E-state index is 0.169. The van der Waals surface area contributed by atoms with Gasteiger partial charge in [0.1, 0.15) is 0 Å². The first-order chi connectivity index (χ1) is 6.75. The topological polar surface area (TPSA) is 93.9 Å². The third-order valence-corrected chi connectivity index (χ3v) is 2.00. The van der Waals surface area contributed by atoms with E-state index >= 15 is 0 Å². The molecule has 0 saturated carbocycles. The number of nitrogens with zero attached hydrogens (tertiary/aromatic N) is 4. The molecule has 74 valence electrons. The summed E-state index contributed by atoms with van der Waals surface area (Å²) in [5.74, 6) is 0.892. The highest BCUT2D eigenvalue weighted by molar-refractivity contribution is 5.40. The van der Waals surface area contributed by atoms with Crippen molar-refractivity contribution in [2.75, 3.05) is 29.5 Å². The van der Waals surface area contributed by atoms with Gasteiger partial charge in [0, 0.05) is 13.1 Å². The Bertz CT molecular complexity index is 341. The molecule has 0 spiro atoms. The summed E-state index contributed by atoms with van der Waals surface area (Å²) in [5, 5.41) is 0. The molecular weight excluding hydrogens is 180 g/mol. The Morgan fingerprint density at radius 3 is 2.36 bits per heavy atom. The fraction of sp³-hybridized carbons (Fsp3) is 0.375. The van der Waals surface area contributed by atoms with Crippen LogP contribution in [-0.4, -0.2) is 28.0 Å². The van der Waals surface area contributed by atoms with Crippen LogP contribution in [0.4, 0.5) is 17.8 Å². The first kappa shape index (κ1) is 8.74. The second kappa shape index (κ2) is 3.49. The predicted octanol–water partition coefficient (Wildman–Crippen LogP) is -0.198. The molecule has 4 N–H and O–H groups in total. The van der Waals surface area contributed by atoms with E-state index in [1.165, 1.54) is 0 Å². The molecule has 1 aromatic rings. The summed E-state index contributed by atoms with van der Waals surface area (Å²) in [5.41, 5.74) is 11.0. The smallest absolute Gasteiger partial charge is 0.232 e.